The maximum atomic E-state index is 9.81. The van der Waals surface area contributed by atoms with Gasteiger partial charge < -0.3 is 5.11 Å². The molecule has 0 amide bonds. The van der Waals surface area contributed by atoms with E-state index in [0.29, 0.717) is 11.8 Å². The van der Waals surface area contributed by atoms with Crippen molar-refractivity contribution in [3.05, 3.63) is 29.3 Å². The summed E-state index contributed by atoms with van der Waals surface area (Å²) in [7, 11) is 0. The minimum absolute atomic E-state index is 0.275. The summed E-state index contributed by atoms with van der Waals surface area (Å²) in [6, 6.07) is 7.51. The summed E-state index contributed by atoms with van der Waals surface area (Å²) in [6.45, 7) is 6.07. The van der Waals surface area contributed by atoms with Gasteiger partial charge in [-0.15, -0.1) is 0 Å². The van der Waals surface area contributed by atoms with E-state index < -0.39 is 0 Å². The number of rotatable bonds is 2. The average molecular weight is 271 g/mol. The van der Waals surface area contributed by atoms with E-state index in [-0.39, 0.29) is 5.41 Å². The fourth-order valence-corrected chi connectivity index (χ4v) is 4.68. The van der Waals surface area contributed by atoms with Crippen LogP contribution in [-0.2, 0) is 11.8 Å². The van der Waals surface area contributed by atoms with E-state index in [0.717, 1.165) is 12.0 Å². The predicted molar refractivity (Wildman–Crippen MR) is 81.1 cm³/mol. The molecule has 1 aromatic rings. The number of piperidine rings is 1. The van der Waals surface area contributed by atoms with E-state index in [1.165, 1.54) is 49.8 Å². The Hall–Kier alpha value is -1.02. The van der Waals surface area contributed by atoms with Crippen LogP contribution >= 0.6 is 0 Å². The largest absolute Gasteiger partial charge is 0.508 e. The minimum Gasteiger partial charge on any atom is -0.508 e. The molecule has 3 atom stereocenters. The van der Waals surface area contributed by atoms with Gasteiger partial charge in [-0.3, -0.25) is 4.90 Å². The molecule has 1 heterocycles. The van der Waals surface area contributed by atoms with Crippen molar-refractivity contribution >= 4 is 0 Å². The minimum atomic E-state index is 0.275. The van der Waals surface area contributed by atoms with Crippen molar-refractivity contribution in [2.45, 2.75) is 63.5 Å². The van der Waals surface area contributed by atoms with Crippen LogP contribution < -0.4 is 0 Å². The highest BCUT2D eigenvalue weighted by Gasteiger charge is 2.45. The Labute approximate surface area is 121 Å². The summed E-state index contributed by atoms with van der Waals surface area (Å²) in [5, 5.41) is 9.81. The van der Waals surface area contributed by atoms with Crippen LogP contribution in [0.25, 0.3) is 0 Å². The van der Waals surface area contributed by atoms with Crippen molar-refractivity contribution in [3.63, 3.8) is 0 Å². The van der Waals surface area contributed by atoms with Crippen molar-refractivity contribution in [3.8, 4) is 5.75 Å². The highest BCUT2D eigenvalue weighted by Crippen LogP contribution is 2.48. The van der Waals surface area contributed by atoms with Gasteiger partial charge in [-0.05, 0) is 80.2 Å². The van der Waals surface area contributed by atoms with Crippen LogP contribution in [0.2, 0.25) is 0 Å². The Morgan fingerprint density at radius 2 is 2.15 bits per heavy atom. The van der Waals surface area contributed by atoms with Gasteiger partial charge in [0, 0.05) is 12.1 Å². The number of aromatic hydroxyl groups is 1. The highest BCUT2D eigenvalue weighted by atomic mass is 16.3. The molecule has 20 heavy (non-hydrogen) atoms. The van der Waals surface area contributed by atoms with E-state index in [4.69, 9.17) is 0 Å². The lowest BCUT2D eigenvalue weighted by atomic mass is 9.64. The molecule has 2 heteroatoms. The Bertz CT molecular complexity index is 536. The average Bonchev–Trinajstić information content (AvgIpc) is 3.24. The molecule has 0 spiro atoms. The maximum Gasteiger partial charge on any atom is 0.115 e. The van der Waals surface area contributed by atoms with Gasteiger partial charge in [-0.25, -0.2) is 0 Å². The molecular weight excluding hydrogens is 246 g/mol. The summed E-state index contributed by atoms with van der Waals surface area (Å²) in [6.07, 6.45) is 6.54. The van der Waals surface area contributed by atoms with Gasteiger partial charge >= 0.3 is 0 Å². The molecule has 2 bridgehead atoms. The molecule has 1 N–H and O–H groups in total. The van der Waals surface area contributed by atoms with Crippen molar-refractivity contribution < 1.29 is 5.11 Å². The maximum absolute atomic E-state index is 9.81. The summed E-state index contributed by atoms with van der Waals surface area (Å²) >= 11 is 0. The van der Waals surface area contributed by atoms with Crippen LogP contribution in [0.1, 0.15) is 50.7 Å². The molecule has 1 aliphatic heterocycles. The van der Waals surface area contributed by atoms with Crippen LogP contribution in [0.15, 0.2) is 18.2 Å². The van der Waals surface area contributed by atoms with Crippen molar-refractivity contribution in [1.29, 1.82) is 0 Å². The second kappa shape index (κ2) is 4.24. The number of nitrogens with zero attached hydrogens (tertiary/aromatic N) is 1. The Morgan fingerprint density at radius 1 is 1.35 bits per heavy atom. The zero-order chi connectivity index (χ0) is 13.9. The van der Waals surface area contributed by atoms with E-state index in [1.807, 2.05) is 12.1 Å². The van der Waals surface area contributed by atoms with Gasteiger partial charge in [-0.2, -0.15) is 0 Å². The number of fused-ring (bicyclic) bond motifs is 4. The summed E-state index contributed by atoms with van der Waals surface area (Å²) < 4.78 is 0. The molecule has 3 unspecified atom stereocenters. The van der Waals surface area contributed by atoms with Crippen LogP contribution in [0.5, 0.6) is 5.75 Å². The number of phenolic OH excluding ortho intramolecular Hbond substituents is 1. The number of phenols is 1. The van der Waals surface area contributed by atoms with E-state index in [2.05, 4.69) is 24.8 Å². The second-order valence-corrected chi connectivity index (χ2v) is 7.53. The molecule has 1 saturated heterocycles. The zero-order valence-electron chi connectivity index (χ0n) is 12.6. The number of hydrogen-bond acceptors (Lipinski definition) is 2. The van der Waals surface area contributed by atoms with Gasteiger partial charge in [0.15, 0.2) is 0 Å². The third-order valence-corrected chi connectivity index (χ3v) is 6.10. The van der Waals surface area contributed by atoms with Gasteiger partial charge in [-0.1, -0.05) is 13.0 Å². The normalized spacial score (nSPS) is 34.6. The molecule has 108 valence electrons. The lowest BCUT2D eigenvalue weighted by Gasteiger charge is -2.52. The monoisotopic (exact) mass is 271 g/mol. The van der Waals surface area contributed by atoms with Crippen molar-refractivity contribution in [1.82, 2.24) is 4.90 Å². The predicted octanol–water partition coefficient (Wildman–Crippen LogP) is 3.47. The van der Waals surface area contributed by atoms with Gasteiger partial charge in [0.25, 0.3) is 0 Å². The fourth-order valence-electron chi connectivity index (χ4n) is 4.68. The number of benzene rings is 1. The third-order valence-electron chi connectivity index (χ3n) is 6.10. The standard InChI is InChI=1S/C18H25NO/c1-12(13-3-4-13)19-8-7-18(2)11-15(19)9-14-5-6-16(20)10-17(14)18/h5-6,10,12-13,15,20H,3-4,7-9,11H2,1-2H3. The topological polar surface area (TPSA) is 23.5 Å². The van der Waals surface area contributed by atoms with Crippen LogP contribution in [-0.4, -0.2) is 28.6 Å². The van der Waals surface area contributed by atoms with Crippen LogP contribution in [0.4, 0.5) is 0 Å². The van der Waals surface area contributed by atoms with Gasteiger partial charge in [0.1, 0.15) is 5.75 Å². The molecular formula is C18H25NO. The van der Waals surface area contributed by atoms with E-state index in [9.17, 15) is 5.11 Å². The van der Waals surface area contributed by atoms with Gasteiger partial charge in [0.2, 0.25) is 0 Å². The SMILES string of the molecule is CC(C1CC1)N1CCC2(C)CC1Cc1ccc(O)cc12. The van der Waals surface area contributed by atoms with Crippen LogP contribution in [0.3, 0.4) is 0 Å². The smallest absolute Gasteiger partial charge is 0.115 e. The summed E-state index contributed by atoms with van der Waals surface area (Å²) in [5.74, 6) is 1.39. The quantitative estimate of drug-likeness (QED) is 0.890. The van der Waals surface area contributed by atoms with Crippen molar-refractivity contribution in [2.75, 3.05) is 6.54 Å². The summed E-state index contributed by atoms with van der Waals surface area (Å²) in [4.78, 5) is 2.79. The number of likely N-dealkylation sites (tertiary alicyclic amines) is 1. The second-order valence-electron chi connectivity index (χ2n) is 7.53. The van der Waals surface area contributed by atoms with E-state index >= 15 is 0 Å². The first-order valence-corrected chi connectivity index (χ1v) is 8.15. The molecule has 2 fully saturated rings. The number of hydrogen-bond donors (Lipinski definition) is 1. The molecule has 4 rings (SSSR count). The molecule has 3 aliphatic rings. The first-order valence-electron chi connectivity index (χ1n) is 8.15. The lowest BCUT2D eigenvalue weighted by molar-refractivity contribution is 0.0467. The van der Waals surface area contributed by atoms with Gasteiger partial charge in [0.05, 0.1) is 0 Å². The Balaban J connectivity index is 1.67. The first-order chi connectivity index (χ1) is 9.57. The molecule has 0 aromatic heterocycles. The van der Waals surface area contributed by atoms with E-state index in [1.54, 1.807) is 0 Å². The highest BCUT2D eigenvalue weighted by molar-refractivity contribution is 5.43. The fraction of sp³-hybridized carbons (Fsp3) is 0.667. The Morgan fingerprint density at radius 3 is 2.90 bits per heavy atom. The Kier molecular flexibility index (Phi) is 2.69. The molecule has 2 nitrogen and oxygen atoms in total. The van der Waals surface area contributed by atoms with Crippen molar-refractivity contribution in [2.24, 2.45) is 5.92 Å². The molecule has 2 aliphatic carbocycles. The molecule has 0 radical (unpaired) electrons. The lowest BCUT2D eigenvalue weighted by Crippen LogP contribution is -2.55. The third kappa shape index (κ3) is 1.88. The zero-order valence-corrected chi connectivity index (χ0v) is 12.6. The molecule has 1 saturated carbocycles. The first kappa shape index (κ1) is 12.7. The summed E-state index contributed by atoms with van der Waals surface area (Å²) in [5.41, 5.74) is 3.15. The van der Waals surface area contributed by atoms with Crippen LogP contribution in [0, 0.1) is 5.92 Å². The molecule has 1 aromatic carbocycles.